The molecule has 1 unspecified atom stereocenters. The summed E-state index contributed by atoms with van der Waals surface area (Å²) in [6.07, 6.45) is 0.108. The highest BCUT2D eigenvalue weighted by Gasteiger charge is 2.27. The van der Waals surface area contributed by atoms with Crippen LogP contribution in [0.2, 0.25) is 10.0 Å². The quantitative estimate of drug-likeness (QED) is 0.761. The lowest BCUT2D eigenvalue weighted by atomic mass is 10.2. The first kappa shape index (κ1) is 12.2. The molecule has 1 aliphatic heterocycles. The van der Waals surface area contributed by atoms with Crippen molar-refractivity contribution in [2.45, 2.75) is 12.5 Å². The van der Waals surface area contributed by atoms with E-state index in [2.05, 4.69) is 16.2 Å². The summed E-state index contributed by atoms with van der Waals surface area (Å²) in [4.78, 5) is 22.7. The number of carbonyl (C=O) groups is 2. The van der Waals surface area contributed by atoms with Gasteiger partial charge in [0.25, 0.3) is 0 Å². The van der Waals surface area contributed by atoms with Crippen LogP contribution < -0.4 is 16.2 Å². The SMILES string of the molecule is O=C1CC(C(=O)Nc2ccc(Cl)cc2Cl)NN1. The number of amides is 2. The molecule has 3 N–H and O–H groups in total. The summed E-state index contributed by atoms with van der Waals surface area (Å²) in [6.45, 7) is 0. The predicted octanol–water partition coefficient (Wildman–Crippen LogP) is 1.32. The summed E-state index contributed by atoms with van der Waals surface area (Å²) in [5.74, 6) is -0.542. The number of halogens is 2. The number of hydrogen-bond donors (Lipinski definition) is 3. The summed E-state index contributed by atoms with van der Waals surface area (Å²) in [5.41, 5.74) is 5.39. The van der Waals surface area contributed by atoms with Crippen LogP contribution in [0.3, 0.4) is 0 Å². The molecule has 17 heavy (non-hydrogen) atoms. The van der Waals surface area contributed by atoms with Crippen molar-refractivity contribution in [1.82, 2.24) is 10.9 Å². The van der Waals surface area contributed by atoms with Crippen molar-refractivity contribution in [3.05, 3.63) is 28.2 Å². The Balaban J connectivity index is 2.05. The number of rotatable bonds is 2. The Hall–Kier alpha value is -1.30. The van der Waals surface area contributed by atoms with E-state index >= 15 is 0 Å². The first-order chi connectivity index (χ1) is 8.06. The minimum Gasteiger partial charge on any atom is -0.323 e. The topological polar surface area (TPSA) is 70.2 Å². The molecule has 1 atom stereocenters. The van der Waals surface area contributed by atoms with Crippen LogP contribution in [0, 0.1) is 0 Å². The van der Waals surface area contributed by atoms with Crippen molar-refractivity contribution < 1.29 is 9.59 Å². The van der Waals surface area contributed by atoms with Crippen LogP contribution in [0.15, 0.2) is 18.2 Å². The van der Waals surface area contributed by atoms with Gasteiger partial charge in [0.1, 0.15) is 6.04 Å². The lowest BCUT2D eigenvalue weighted by Gasteiger charge is -2.11. The summed E-state index contributed by atoms with van der Waals surface area (Å²) in [7, 11) is 0. The van der Waals surface area contributed by atoms with Gasteiger partial charge in [-0.2, -0.15) is 0 Å². The standard InChI is InChI=1S/C10H9Cl2N3O2/c11-5-1-2-7(6(12)3-5)13-10(17)8-4-9(16)15-14-8/h1-3,8,14H,4H2,(H,13,17)(H,15,16). The van der Waals surface area contributed by atoms with Gasteiger partial charge in [0, 0.05) is 5.02 Å². The smallest absolute Gasteiger partial charge is 0.243 e. The van der Waals surface area contributed by atoms with Gasteiger partial charge >= 0.3 is 0 Å². The molecule has 0 saturated carbocycles. The highest BCUT2D eigenvalue weighted by atomic mass is 35.5. The second-order valence-corrected chi connectivity index (χ2v) is 4.41. The molecule has 7 heteroatoms. The van der Waals surface area contributed by atoms with E-state index in [9.17, 15) is 9.59 Å². The second kappa shape index (κ2) is 4.91. The molecule has 2 amide bonds. The molecule has 2 rings (SSSR count). The highest BCUT2D eigenvalue weighted by Crippen LogP contribution is 2.25. The third kappa shape index (κ3) is 2.88. The molecule has 0 spiro atoms. The van der Waals surface area contributed by atoms with Gasteiger partial charge in [0.2, 0.25) is 11.8 Å². The lowest BCUT2D eigenvalue weighted by Crippen LogP contribution is -2.39. The Bertz CT molecular complexity index is 479. The van der Waals surface area contributed by atoms with E-state index in [1.165, 1.54) is 6.07 Å². The molecule has 0 aliphatic carbocycles. The number of benzene rings is 1. The number of hydrogen-bond acceptors (Lipinski definition) is 3. The lowest BCUT2D eigenvalue weighted by molar-refractivity contribution is -0.121. The Morgan fingerprint density at radius 3 is 2.76 bits per heavy atom. The Morgan fingerprint density at radius 1 is 1.41 bits per heavy atom. The molecule has 0 bridgehead atoms. The summed E-state index contributed by atoms with van der Waals surface area (Å²) >= 11 is 11.6. The van der Waals surface area contributed by atoms with Crippen molar-refractivity contribution >= 4 is 40.7 Å². The Labute approximate surface area is 107 Å². The molecule has 90 valence electrons. The van der Waals surface area contributed by atoms with E-state index in [0.717, 1.165) is 0 Å². The monoisotopic (exact) mass is 273 g/mol. The fourth-order valence-electron chi connectivity index (χ4n) is 1.42. The highest BCUT2D eigenvalue weighted by molar-refractivity contribution is 6.36. The van der Waals surface area contributed by atoms with Crippen LogP contribution in [-0.2, 0) is 9.59 Å². The van der Waals surface area contributed by atoms with Crippen LogP contribution in [-0.4, -0.2) is 17.9 Å². The Kier molecular flexibility index (Phi) is 3.51. The van der Waals surface area contributed by atoms with E-state index in [-0.39, 0.29) is 18.2 Å². The zero-order chi connectivity index (χ0) is 12.4. The molecule has 1 aliphatic rings. The van der Waals surface area contributed by atoms with Gasteiger partial charge in [-0.05, 0) is 18.2 Å². The summed E-state index contributed by atoms with van der Waals surface area (Å²) in [6, 6.07) is 4.17. The van der Waals surface area contributed by atoms with Crippen LogP contribution in [0.5, 0.6) is 0 Å². The molecule has 5 nitrogen and oxygen atoms in total. The number of nitrogens with one attached hydrogen (secondary N) is 3. The first-order valence-electron chi connectivity index (χ1n) is 4.86. The number of hydrazine groups is 1. The van der Waals surface area contributed by atoms with Crippen molar-refractivity contribution in [3.63, 3.8) is 0 Å². The van der Waals surface area contributed by atoms with E-state index in [0.29, 0.717) is 15.7 Å². The van der Waals surface area contributed by atoms with Gasteiger partial charge in [-0.25, -0.2) is 5.43 Å². The predicted molar refractivity (Wildman–Crippen MR) is 64.8 cm³/mol. The Morgan fingerprint density at radius 2 is 2.18 bits per heavy atom. The third-order valence-electron chi connectivity index (χ3n) is 2.28. The third-order valence-corrected chi connectivity index (χ3v) is 2.83. The largest absolute Gasteiger partial charge is 0.323 e. The van der Waals surface area contributed by atoms with Gasteiger partial charge in [-0.1, -0.05) is 23.2 Å². The average Bonchev–Trinajstić information content (AvgIpc) is 2.69. The maximum Gasteiger partial charge on any atom is 0.243 e. The number of carbonyl (C=O) groups excluding carboxylic acids is 2. The van der Waals surface area contributed by atoms with E-state index < -0.39 is 6.04 Å². The van der Waals surface area contributed by atoms with Crippen LogP contribution >= 0.6 is 23.2 Å². The summed E-state index contributed by atoms with van der Waals surface area (Å²) < 4.78 is 0. The molecular weight excluding hydrogens is 265 g/mol. The van der Waals surface area contributed by atoms with Crippen molar-refractivity contribution in [1.29, 1.82) is 0 Å². The van der Waals surface area contributed by atoms with E-state index in [4.69, 9.17) is 23.2 Å². The zero-order valence-electron chi connectivity index (χ0n) is 8.59. The summed E-state index contributed by atoms with van der Waals surface area (Å²) in [5, 5.41) is 3.46. The maximum absolute atomic E-state index is 11.7. The minimum atomic E-state index is -0.589. The molecule has 1 heterocycles. The van der Waals surface area contributed by atoms with Crippen LogP contribution in [0.1, 0.15) is 6.42 Å². The van der Waals surface area contributed by atoms with Gasteiger partial charge in [-0.3, -0.25) is 15.0 Å². The fourth-order valence-corrected chi connectivity index (χ4v) is 1.88. The molecule has 0 radical (unpaired) electrons. The first-order valence-corrected chi connectivity index (χ1v) is 5.62. The molecule has 1 aromatic carbocycles. The van der Waals surface area contributed by atoms with Crippen molar-refractivity contribution in [2.75, 3.05) is 5.32 Å². The molecule has 0 aromatic heterocycles. The normalized spacial score (nSPS) is 18.9. The average molecular weight is 274 g/mol. The second-order valence-electron chi connectivity index (χ2n) is 3.56. The van der Waals surface area contributed by atoms with Crippen molar-refractivity contribution in [2.24, 2.45) is 0 Å². The van der Waals surface area contributed by atoms with Gasteiger partial charge < -0.3 is 5.32 Å². The van der Waals surface area contributed by atoms with Crippen LogP contribution in [0.4, 0.5) is 5.69 Å². The molecule has 1 fully saturated rings. The van der Waals surface area contributed by atoms with Gasteiger partial charge in [0.15, 0.2) is 0 Å². The molecule has 1 saturated heterocycles. The van der Waals surface area contributed by atoms with E-state index in [1.807, 2.05) is 0 Å². The van der Waals surface area contributed by atoms with E-state index in [1.54, 1.807) is 12.1 Å². The fraction of sp³-hybridized carbons (Fsp3) is 0.200. The zero-order valence-corrected chi connectivity index (χ0v) is 10.1. The maximum atomic E-state index is 11.7. The van der Waals surface area contributed by atoms with Gasteiger partial charge in [0.05, 0.1) is 17.1 Å². The minimum absolute atomic E-state index is 0.108. The van der Waals surface area contributed by atoms with Gasteiger partial charge in [-0.15, -0.1) is 0 Å². The molecular formula is C10H9Cl2N3O2. The van der Waals surface area contributed by atoms with Crippen LogP contribution in [0.25, 0.3) is 0 Å². The molecule has 1 aromatic rings. The van der Waals surface area contributed by atoms with Crippen molar-refractivity contribution in [3.8, 4) is 0 Å². The number of anilines is 1.